The molecule has 2 aromatic rings. The van der Waals surface area contributed by atoms with Gasteiger partial charge in [0.1, 0.15) is 5.82 Å². The van der Waals surface area contributed by atoms with E-state index in [0.717, 1.165) is 0 Å². The zero-order chi connectivity index (χ0) is 20.7. The molecule has 1 N–H and O–H groups in total. The highest BCUT2D eigenvalue weighted by Crippen LogP contribution is 2.30. The van der Waals surface area contributed by atoms with Gasteiger partial charge < -0.3 is 14.8 Å². The Labute approximate surface area is 162 Å². The van der Waals surface area contributed by atoms with Crippen LogP contribution in [0.15, 0.2) is 48.5 Å². The summed E-state index contributed by atoms with van der Waals surface area (Å²) < 4.78 is 48.0. The van der Waals surface area contributed by atoms with Gasteiger partial charge in [-0.3, -0.25) is 4.79 Å². The average Bonchev–Trinajstić information content (AvgIpc) is 2.65. The number of nitrogens with one attached hydrogen (secondary N) is 1. The van der Waals surface area contributed by atoms with Gasteiger partial charge in [-0.15, -0.1) is 0 Å². The summed E-state index contributed by atoms with van der Waals surface area (Å²) in [6.45, 7) is 0.949. The summed E-state index contributed by atoms with van der Waals surface area (Å²) in [7, 11) is 1.33. The summed E-state index contributed by atoms with van der Waals surface area (Å²) >= 11 is 0. The molecule has 0 heterocycles. The molecule has 0 aliphatic heterocycles. The van der Waals surface area contributed by atoms with E-state index < -0.39 is 12.0 Å². The van der Waals surface area contributed by atoms with E-state index in [-0.39, 0.29) is 29.8 Å². The van der Waals surface area contributed by atoms with Gasteiger partial charge in [0.15, 0.2) is 11.5 Å². The van der Waals surface area contributed by atoms with Crippen LogP contribution in [0.1, 0.15) is 25.0 Å². The molecular formula is C21H22F3NO3. The lowest BCUT2D eigenvalue weighted by Gasteiger charge is -2.25. The molecule has 0 aliphatic rings. The lowest BCUT2D eigenvalue weighted by atomic mass is 9.84. The van der Waals surface area contributed by atoms with Crippen LogP contribution in [0.25, 0.3) is 6.08 Å². The Morgan fingerprint density at radius 1 is 1.18 bits per heavy atom. The van der Waals surface area contributed by atoms with E-state index in [9.17, 15) is 18.0 Å². The van der Waals surface area contributed by atoms with Crippen molar-refractivity contribution in [1.82, 2.24) is 5.32 Å². The standard InChI is InChI=1S/C21H22F3NO3/c1-21(2,15-6-4-5-7-16(15)22)13-25-19(26)11-9-14-8-10-17(28-20(23)24)18(12-14)27-3/h4-12,20H,13H2,1-3H3,(H,25,26)/b11-9+. The molecule has 150 valence electrons. The van der Waals surface area contributed by atoms with Gasteiger partial charge in [-0.2, -0.15) is 8.78 Å². The number of rotatable bonds is 8. The second-order valence-electron chi connectivity index (χ2n) is 6.70. The number of halogens is 3. The third-order valence-corrected chi connectivity index (χ3v) is 4.14. The summed E-state index contributed by atoms with van der Waals surface area (Å²) in [5.41, 5.74) is 0.493. The molecule has 0 spiro atoms. The molecular weight excluding hydrogens is 371 g/mol. The van der Waals surface area contributed by atoms with E-state index in [1.807, 2.05) is 13.8 Å². The molecule has 0 radical (unpaired) electrons. The molecule has 7 heteroatoms. The molecule has 1 amide bonds. The van der Waals surface area contributed by atoms with Gasteiger partial charge in [0.2, 0.25) is 5.91 Å². The van der Waals surface area contributed by atoms with Crippen LogP contribution in [0.5, 0.6) is 11.5 Å². The minimum atomic E-state index is -2.96. The maximum absolute atomic E-state index is 14.0. The number of benzene rings is 2. The van der Waals surface area contributed by atoms with Crippen LogP contribution < -0.4 is 14.8 Å². The van der Waals surface area contributed by atoms with Gasteiger partial charge in [-0.05, 0) is 35.4 Å². The summed E-state index contributed by atoms with van der Waals surface area (Å²) in [5, 5.41) is 2.74. The van der Waals surface area contributed by atoms with Crippen LogP contribution in [0.2, 0.25) is 0 Å². The first-order chi connectivity index (χ1) is 13.2. The molecule has 0 saturated carbocycles. The van der Waals surface area contributed by atoms with Crippen molar-refractivity contribution in [2.45, 2.75) is 25.9 Å². The van der Waals surface area contributed by atoms with Crippen molar-refractivity contribution in [2.24, 2.45) is 0 Å². The van der Waals surface area contributed by atoms with Crippen molar-refractivity contribution in [1.29, 1.82) is 0 Å². The zero-order valence-corrected chi connectivity index (χ0v) is 15.8. The predicted molar refractivity (Wildman–Crippen MR) is 101 cm³/mol. The summed E-state index contributed by atoms with van der Waals surface area (Å²) in [6, 6.07) is 10.8. The maximum atomic E-state index is 14.0. The predicted octanol–water partition coefficient (Wildman–Crippen LogP) is 4.54. The Bertz CT molecular complexity index is 851. The van der Waals surface area contributed by atoms with E-state index in [4.69, 9.17) is 4.74 Å². The van der Waals surface area contributed by atoms with Gasteiger partial charge in [-0.25, -0.2) is 4.39 Å². The molecule has 28 heavy (non-hydrogen) atoms. The third-order valence-electron chi connectivity index (χ3n) is 4.14. The number of alkyl halides is 2. The fourth-order valence-corrected chi connectivity index (χ4v) is 2.63. The van der Waals surface area contributed by atoms with Crippen LogP contribution in [-0.4, -0.2) is 26.2 Å². The lowest BCUT2D eigenvalue weighted by Crippen LogP contribution is -2.36. The molecule has 2 aromatic carbocycles. The quantitative estimate of drug-likeness (QED) is 0.670. The zero-order valence-electron chi connectivity index (χ0n) is 15.8. The van der Waals surface area contributed by atoms with Gasteiger partial charge >= 0.3 is 6.61 Å². The highest BCUT2D eigenvalue weighted by molar-refractivity contribution is 5.91. The topological polar surface area (TPSA) is 47.6 Å². The minimum absolute atomic E-state index is 0.0919. The van der Waals surface area contributed by atoms with E-state index in [0.29, 0.717) is 11.1 Å². The van der Waals surface area contributed by atoms with Crippen molar-refractivity contribution in [3.63, 3.8) is 0 Å². The average molecular weight is 393 g/mol. The van der Waals surface area contributed by atoms with E-state index >= 15 is 0 Å². The van der Waals surface area contributed by atoms with E-state index in [1.54, 1.807) is 18.2 Å². The summed E-state index contributed by atoms with van der Waals surface area (Å²) in [4.78, 5) is 12.1. The third kappa shape index (κ3) is 5.77. The van der Waals surface area contributed by atoms with Crippen molar-refractivity contribution in [2.75, 3.05) is 13.7 Å². The number of methoxy groups -OCH3 is 1. The van der Waals surface area contributed by atoms with Gasteiger partial charge in [0, 0.05) is 18.0 Å². The Kier molecular flexibility index (Phi) is 7.09. The molecule has 0 fully saturated rings. The molecule has 2 rings (SSSR count). The molecule has 0 atom stereocenters. The van der Waals surface area contributed by atoms with Gasteiger partial charge in [0.05, 0.1) is 7.11 Å². The van der Waals surface area contributed by atoms with Crippen molar-refractivity contribution in [3.8, 4) is 11.5 Å². The number of ether oxygens (including phenoxy) is 2. The fraction of sp³-hybridized carbons (Fsp3) is 0.286. The number of carbonyl (C=O) groups is 1. The van der Waals surface area contributed by atoms with Crippen molar-refractivity contribution < 1.29 is 27.4 Å². The Balaban J connectivity index is 2.01. The fourth-order valence-electron chi connectivity index (χ4n) is 2.63. The lowest BCUT2D eigenvalue weighted by molar-refractivity contribution is -0.116. The molecule has 0 unspecified atom stereocenters. The summed E-state index contributed by atoms with van der Waals surface area (Å²) in [5.74, 6) is -0.652. The van der Waals surface area contributed by atoms with Crippen LogP contribution in [0, 0.1) is 5.82 Å². The SMILES string of the molecule is COc1cc(/C=C/C(=O)NCC(C)(C)c2ccccc2F)ccc1OC(F)F. The van der Waals surface area contributed by atoms with Crippen molar-refractivity contribution >= 4 is 12.0 Å². The first-order valence-corrected chi connectivity index (χ1v) is 8.56. The van der Waals surface area contributed by atoms with Gasteiger partial charge in [0.25, 0.3) is 0 Å². The van der Waals surface area contributed by atoms with Crippen LogP contribution in [0.3, 0.4) is 0 Å². The smallest absolute Gasteiger partial charge is 0.387 e. The normalized spacial score (nSPS) is 11.7. The van der Waals surface area contributed by atoms with Crippen LogP contribution >= 0.6 is 0 Å². The number of hydrogen-bond acceptors (Lipinski definition) is 3. The Morgan fingerprint density at radius 2 is 1.89 bits per heavy atom. The Hall–Kier alpha value is -2.96. The number of hydrogen-bond donors (Lipinski definition) is 1. The first kappa shape index (κ1) is 21.3. The molecule has 0 bridgehead atoms. The monoisotopic (exact) mass is 393 g/mol. The first-order valence-electron chi connectivity index (χ1n) is 8.56. The molecule has 0 saturated heterocycles. The van der Waals surface area contributed by atoms with Crippen LogP contribution in [0.4, 0.5) is 13.2 Å². The molecule has 0 aromatic heterocycles. The Morgan fingerprint density at radius 3 is 2.54 bits per heavy atom. The summed E-state index contributed by atoms with van der Waals surface area (Å²) in [6.07, 6.45) is 2.82. The van der Waals surface area contributed by atoms with Crippen molar-refractivity contribution in [3.05, 3.63) is 65.5 Å². The largest absolute Gasteiger partial charge is 0.493 e. The number of carbonyl (C=O) groups excluding carboxylic acids is 1. The number of amides is 1. The second kappa shape index (κ2) is 9.30. The van der Waals surface area contributed by atoms with Gasteiger partial charge in [-0.1, -0.05) is 38.1 Å². The minimum Gasteiger partial charge on any atom is -0.493 e. The van der Waals surface area contributed by atoms with E-state index in [2.05, 4.69) is 10.1 Å². The second-order valence-corrected chi connectivity index (χ2v) is 6.70. The maximum Gasteiger partial charge on any atom is 0.387 e. The van der Waals surface area contributed by atoms with E-state index in [1.165, 1.54) is 43.5 Å². The highest BCUT2D eigenvalue weighted by Gasteiger charge is 2.24. The molecule has 0 aliphatic carbocycles. The van der Waals surface area contributed by atoms with Crippen LogP contribution in [-0.2, 0) is 10.2 Å². The molecule has 4 nitrogen and oxygen atoms in total. The highest BCUT2D eigenvalue weighted by atomic mass is 19.3.